The molecule has 276 valence electrons. The fourth-order valence-corrected chi connectivity index (χ4v) is 5.69. The molecular formula is C47H67N3O. The van der Waals surface area contributed by atoms with Crippen molar-refractivity contribution in [1.82, 2.24) is 15.1 Å². The van der Waals surface area contributed by atoms with Crippen molar-refractivity contribution in [1.29, 1.82) is 0 Å². The fraction of sp³-hybridized carbons (Fsp3) is 0.511. The number of hydrogen-bond donors (Lipinski definition) is 0. The summed E-state index contributed by atoms with van der Waals surface area (Å²) in [5.74, 6) is 0. The second-order valence-electron chi connectivity index (χ2n) is 18.5. The minimum absolute atomic E-state index is 0.162. The van der Waals surface area contributed by atoms with E-state index in [1.54, 1.807) is 11.1 Å². The second kappa shape index (κ2) is 16.7. The van der Waals surface area contributed by atoms with Crippen LogP contribution in [0.5, 0.6) is 0 Å². The van der Waals surface area contributed by atoms with E-state index in [0.29, 0.717) is 5.41 Å². The maximum Gasteiger partial charge on any atom is 0.167 e. The molecule has 0 atom stereocenters. The van der Waals surface area contributed by atoms with E-state index in [1.165, 1.54) is 53.5 Å². The van der Waals surface area contributed by atoms with Crippen LogP contribution in [-0.4, -0.2) is 15.1 Å². The topological polar surface area (TPSA) is 51.8 Å². The summed E-state index contributed by atoms with van der Waals surface area (Å²) in [6, 6.07) is 19.8. The molecule has 0 aliphatic heterocycles. The Morgan fingerprint density at radius 3 is 1.53 bits per heavy atom. The van der Waals surface area contributed by atoms with Crippen LogP contribution in [0, 0.1) is 27.7 Å². The van der Waals surface area contributed by atoms with Crippen LogP contribution >= 0.6 is 0 Å². The number of benzene rings is 2. The molecular weight excluding hydrogens is 623 g/mol. The molecule has 2 aromatic carbocycles. The summed E-state index contributed by atoms with van der Waals surface area (Å²) in [6.45, 7) is 34.8. The lowest BCUT2D eigenvalue weighted by Crippen LogP contribution is -2.13. The van der Waals surface area contributed by atoms with Gasteiger partial charge in [-0.3, -0.25) is 9.97 Å². The Morgan fingerprint density at radius 2 is 1.00 bits per heavy atom. The number of aryl methyl sites for hydroxylation is 6. The molecule has 0 saturated carbocycles. The third-order valence-corrected chi connectivity index (χ3v) is 9.72. The van der Waals surface area contributed by atoms with E-state index in [9.17, 15) is 0 Å². The lowest BCUT2D eigenvalue weighted by molar-refractivity contribution is 0.449. The molecule has 0 radical (unpaired) electrons. The Bertz CT molecular complexity index is 1850. The summed E-state index contributed by atoms with van der Waals surface area (Å²) in [4.78, 5) is 8.59. The zero-order chi connectivity index (χ0) is 38.4. The summed E-state index contributed by atoms with van der Waals surface area (Å²) in [5, 5.41) is 5.05. The van der Waals surface area contributed by atoms with Gasteiger partial charge in [0, 0.05) is 29.2 Å². The zero-order valence-corrected chi connectivity index (χ0v) is 34.9. The van der Waals surface area contributed by atoms with E-state index >= 15 is 0 Å². The molecule has 1 aliphatic carbocycles. The van der Waals surface area contributed by atoms with Crippen LogP contribution in [0.2, 0.25) is 0 Å². The van der Waals surface area contributed by atoms with Crippen LogP contribution in [-0.2, 0) is 34.5 Å². The molecule has 4 nitrogen and oxygen atoms in total. The van der Waals surface area contributed by atoms with Crippen molar-refractivity contribution in [3.05, 3.63) is 123 Å². The van der Waals surface area contributed by atoms with Crippen LogP contribution in [0.15, 0.2) is 71.5 Å². The average molecular weight is 690 g/mol. The van der Waals surface area contributed by atoms with Gasteiger partial charge in [-0.15, -0.1) is 0 Å². The van der Waals surface area contributed by atoms with E-state index in [0.717, 1.165) is 28.1 Å². The normalized spacial score (nSPS) is 13.2. The summed E-state index contributed by atoms with van der Waals surface area (Å²) in [6.07, 6.45) is 9.26. The predicted molar refractivity (Wildman–Crippen MR) is 219 cm³/mol. The van der Waals surface area contributed by atoms with Gasteiger partial charge < -0.3 is 4.52 Å². The standard InChI is InChI=1S/C14H20.C12H15NO.C11H17N.C10H15N/c1-14(2,3)13-9-8-11-6-4-5-7-12(11)10-13;1-8-10-6-5-9(12(2,3)4)7-11(10)14-13-8;1-8-6-10(11(3,4)5)7-12-9(8)2;1-8-5-6-9(7-11-8)10(2,3)4/h8-10H,4-7H2,1-3H3;5-7H,1-4H3;6-7H,1-5H3;5-7H,1-4H3. The highest BCUT2D eigenvalue weighted by Gasteiger charge is 2.18. The maximum absolute atomic E-state index is 5.23. The molecule has 3 aromatic heterocycles. The summed E-state index contributed by atoms with van der Waals surface area (Å²) in [5.41, 5.74) is 14.8. The number of hydrogen-bond acceptors (Lipinski definition) is 4. The largest absolute Gasteiger partial charge is 0.356 e. The van der Waals surface area contributed by atoms with Crippen LogP contribution in [0.25, 0.3) is 11.0 Å². The molecule has 51 heavy (non-hydrogen) atoms. The van der Waals surface area contributed by atoms with Crippen LogP contribution in [0.1, 0.15) is 152 Å². The van der Waals surface area contributed by atoms with E-state index in [1.807, 2.05) is 33.2 Å². The summed E-state index contributed by atoms with van der Waals surface area (Å²) in [7, 11) is 0. The van der Waals surface area contributed by atoms with Crippen LogP contribution in [0.3, 0.4) is 0 Å². The van der Waals surface area contributed by atoms with Gasteiger partial charge >= 0.3 is 0 Å². The van der Waals surface area contributed by atoms with Crippen molar-refractivity contribution in [3.63, 3.8) is 0 Å². The molecule has 6 rings (SSSR count). The lowest BCUT2D eigenvalue weighted by atomic mass is 9.82. The lowest BCUT2D eigenvalue weighted by Gasteiger charge is -2.23. The average Bonchev–Trinajstić information content (AvgIpc) is 3.41. The molecule has 0 unspecified atom stereocenters. The molecule has 0 amide bonds. The molecule has 0 fully saturated rings. The first-order valence-corrected chi connectivity index (χ1v) is 18.8. The third kappa shape index (κ3) is 12.4. The number of aromatic nitrogens is 3. The number of pyridine rings is 2. The summed E-state index contributed by atoms with van der Waals surface area (Å²) < 4.78 is 5.23. The fourth-order valence-electron chi connectivity index (χ4n) is 5.69. The number of nitrogens with zero attached hydrogens (tertiary/aromatic N) is 3. The molecule has 5 aromatic rings. The maximum atomic E-state index is 5.23. The first kappa shape index (κ1) is 41.6. The minimum Gasteiger partial charge on any atom is -0.356 e. The van der Waals surface area contributed by atoms with Crippen molar-refractivity contribution in [2.24, 2.45) is 0 Å². The smallest absolute Gasteiger partial charge is 0.167 e. The third-order valence-electron chi connectivity index (χ3n) is 9.72. The molecule has 0 bridgehead atoms. The van der Waals surface area contributed by atoms with E-state index < -0.39 is 0 Å². The monoisotopic (exact) mass is 690 g/mol. The molecule has 0 N–H and O–H groups in total. The number of rotatable bonds is 0. The Balaban J connectivity index is 0.000000185. The minimum atomic E-state index is 0.162. The Kier molecular flexibility index (Phi) is 13.6. The van der Waals surface area contributed by atoms with E-state index in [4.69, 9.17) is 4.52 Å². The Morgan fingerprint density at radius 1 is 0.490 bits per heavy atom. The Labute approximate surface area is 310 Å². The zero-order valence-electron chi connectivity index (χ0n) is 34.9. The van der Waals surface area contributed by atoms with Crippen molar-refractivity contribution in [3.8, 4) is 0 Å². The van der Waals surface area contributed by atoms with Gasteiger partial charge in [-0.05, 0) is 132 Å². The molecule has 4 heteroatoms. The molecule has 0 spiro atoms. The van der Waals surface area contributed by atoms with Gasteiger partial charge in [-0.2, -0.15) is 0 Å². The van der Waals surface area contributed by atoms with Crippen molar-refractivity contribution in [2.75, 3.05) is 0 Å². The number of fused-ring (bicyclic) bond motifs is 2. The first-order valence-electron chi connectivity index (χ1n) is 18.8. The molecule has 1 aliphatic rings. The van der Waals surface area contributed by atoms with E-state index in [-0.39, 0.29) is 16.2 Å². The van der Waals surface area contributed by atoms with Gasteiger partial charge in [0.1, 0.15) is 0 Å². The van der Waals surface area contributed by atoms with Crippen LogP contribution < -0.4 is 0 Å². The highest BCUT2D eigenvalue weighted by molar-refractivity contribution is 5.80. The van der Waals surface area contributed by atoms with Gasteiger partial charge in [0.2, 0.25) is 0 Å². The van der Waals surface area contributed by atoms with Gasteiger partial charge in [0.15, 0.2) is 5.58 Å². The Hall–Kier alpha value is -3.79. The van der Waals surface area contributed by atoms with Crippen molar-refractivity contribution in [2.45, 2.75) is 158 Å². The van der Waals surface area contributed by atoms with E-state index in [2.05, 4.69) is 160 Å². The summed E-state index contributed by atoms with van der Waals surface area (Å²) >= 11 is 0. The molecule has 0 saturated heterocycles. The van der Waals surface area contributed by atoms with Gasteiger partial charge in [-0.1, -0.05) is 125 Å². The van der Waals surface area contributed by atoms with Gasteiger partial charge in [0.25, 0.3) is 0 Å². The SMILES string of the molecule is CC(C)(C)c1ccc2c(c1)CCCC2.Cc1cc(C(C)(C)C)cnc1C.Cc1ccc(C(C)(C)C)cn1.Cc1noc2cc(C(C)(C)C)ccc12. The predicted octanol–water partition coefficient (Wildman–Crippen LogP) is 13.0. The van der Waals surface area contributed by atoms with Crippen LogP contribution in [0.4, 0.5) is 0 Å². The van der Waals surface area contributed by atoms with Crippen molar-refractivity contribution < 1.29 is 4.52 Å². The molecule has 3 heterocycles. The van der Waals surface area contributed by atoms with Gasteiger partial charge in [0.05, 0.1) is 5.69 Å². The quantitative estimate of drug-likeness (QED) is 0.162. The highest BCUT2D eigenvalue weighted by Crippen LogP contribution is 2.29. The highest BCUT2D eigenvalue weighted by atomic mass is 16.5. The first-order chi connectivity index (χ1) is 23.5. The van der Waals surface area contributed by atoms with Gasteiger partial charge in [-0.25, -0.2) is 0 Å². The second-order valence-corrected chi connectivity index (χ2v) is 18.5. The van der Waals surface area contributed by atoms with Crippen molar-refractivity contribution >= 4 is 11.0 Å².